The molecule has 0 bridgehead atoms. The summed E-state index contributed by atoms with van der Waals surface area (Å²) in [4.78, 5) is 19.7. The summed E-state index contributed by atoms with van der Waals surface area (Å²) in [6, 6.07) is 0. The van der Waals surface area contributed by atoms with Gasteiger partial charge >= 0.3 is 0 Å². The Morgan fingerprint density at radius 1 is 1.33 bits per heavy atom. The summed E-state index contributed by atoms with van der Waals surface area (Å²) >= 11 is 10.8. The van der Waals surface area contributed by atoms with Crippen molar-refractivity contribution in [2.75, 3.05) is 0 Å². The SMILES string of the molecule is O=CCC(Cl)C(Cl)C=O. The molecule has 2 atom stereocenters. The Morgan fingerprint density at radius 3 is 2.22 bits per heavy atom. The third kappa shape index (κ3) is 3.49. The molecule has 0 heterocycles. The molecular formula is C5H6Cl2O2. The van der Waals surface area contributed by atoms with Crippen LogP contribution in [0.25, 0.3) is 0 Å². The fourth-order valence-electron chi connectivity index (χ4n) is 0.307. The molecule has 0 aliphatic carbocycles. The van der Waals surface area contributed by atoms with Gasteiger partial charge in [0.15, 0.2) is 0 Å². The molecular weight excluding hydrogens is 163 g/mol. The lowest BCUT2D eigenvalue weighted by Crippen LogP contribution is -2.16. The number of aldehydes is 2. The summed E-state index contributed by atoms with van der Waals surface area (Å²) in [5.74, 6) is 0. The molecule has 0 radical (unpaired) electrons. The first-order chi connectivity index (χ1) is 4.22. The van der Waals surface area contributed by atoms with Crippen LogP contribution in [0.2, 0.25) is 0 Å². The molecule has 0 rings (SSSR count). The first-order valence-corrected chi connectivity index (χ1v) is 3.26. The van der Waals surface area contributed by atoms with Gasteiger partial charge in [-0.2, -0.15) is 0 Å². The van der Waals surface area contributed by atoms with E-state index in [9.17, 15) is 9.59 Å². The Hall–Kier alpha value is -0.0800. The van der Waals surface area contributed by atoms with Crippen molar-refractivity contribution in [1.29, 1.82) is 0 Å². The number of hydrogen-bond acceptors (Lipinski definition) is 2. The molecule has 9 heavy (non-hydrogen) atoms. The Balaban J connectivity index is 3.56. The van der Waals surface area contributed by atoms with Crippen molar-refractivity contribution in [3.63, 3.8) is 0 Å². The fraction of sp³-hybridized carbons (Fsp3) is 0.600. The molecule has 0 saturated heterocycles. The summed E-state index contributed by atoms with van der Waals surface area (Å²) in [5.41, 5.74) is 0. The number of rotatable bonds is 4. The molecule has 4 heteroatoms. The molecule has 2 unspecified atom stereocenters. The van der Waals surface area contributed by atoms with Crippen LogP contribution in [0.1, 0.15) is 6.42 Å². The number of hydrogen-bond donors (Lipinski definition) is 0. The molecule has 0 aromatic carbocycles. The minimum absolute atomic E-state index is 0.120. The Kier molecular flexibility index (Phi) is 4.72. The monoisotopic (exact) mass is 168 g/mol. The van der Waals surface area contributed by atoms with Gasteiger partial charge in [0.1, 0.15) is 17.9 Å². The van der Waals surface area contributed by atoms with Crippen LogP contribution in [0.4, 0.5) is 0 Å². The summed E-state index contributed by atoms with van der Waals surface area (Å²) in [6.45, 7) is 0. The van der Waals surface area contributed by atoms with Gasteiger partial charge in [0, 0.05) is 6.42 Å². The van der Waals surface area contributed by atoms with Crippen molar-refractivity contribution in [3.05, 3.63) is 0 Å². The fourth-order valence-corrected chi connectivity index (χ4v) is 0.542. The zero-order valence-corrected chi connectivity index (χ0v) is 6.10. The van der Waals surface area contributed by atoms with E-state index in [0.717, 1.165) is 0 Å². The highest BCUT2D eigenvalue weighted by molar-refractivity contribution is 6.35. The maximum Gasteiger partial charge on any atom is 0.139 e. The van der Waals surface area contributed by atoms with Crippen LogP contribution in [-0.4, -0.2) is 23.3 Å². The van der Waals surface area contributed by atoms with Crippen LogP contribution in [0.5, 0.6) is 0 Å². The van der Waals surface area contributed by atoms with Gasteiger partial charge in [-0.3, -0.25) is 0 Å². The Morgan fingerprint density at radius 2 is 1.89 bits per heavy atom. The third-order valence-corrected chi connectivity index (χ3v) is 1.78. The average Bonchev–Trinajstić information content (AvgIpc) is 1.87. The molecule has 0 aliphatic heterocycles. The molecule has 0 fully saturated rings. The standard InChI is InChI=1S/C5H6Cl2O2/c6-4(1-2-8)5(7)3-9/h2-5H,1H2. The van der Waals surface area contributed by atoms with Crippen molar-refractivity contribution in [3.8, 4) is 0 Å². The van der Waals surface area contributed by atoms with Crippen LogP contribution in [-0.2, 0) is 9.59 Å². The predicted octanol–water partition coefficient (Wildman–Crippen LogP) is 0.989. The van der Waals surface area contributed by atoms with Crippen molar-refractivity contribution in [2.45, 2.75) is 17.2 Å². The summed E-state index contributed by atoms with van der Waals surface area (Å²) < 4.78 is 0. The molecule has 0 amide bonds. The van der Waals surface area contributed by atoms with Crippen LogP contribution in [0.15, 0.2) is 0 Å². The number of carbonyl (C=O) groups is 2. The van der Waals surface area contributed by atoms with Crippen molar-refractivity contribution in [2.24, 2.45) is 0 Å². The summed E-state index contributed by atoms with van der Waals surface area (Å²) in [6.07, 6.45) is 1.27. The maximum atomic E-state index is 9.89. The lowest BCUT2D eigenvalue weighted by molar-refractivity contribution is -0.108. The minimum atomic E-state index is -0.753. The first-order valence-electron chi connectivity index (χ1n) is 2.39. The Bertz CT molecular complexity index is 105. The van der Waals surface area contributed by atoms with E-state index in [2.05, 4.69) is 0 Å². The molecule has 0 saturated carbocycles. The minimum Gasteiger partial charge on any atom is -0.303 e. The van der Waals surface area contributed by atoms with E-state index in [-0.39, 0.29) is 6.42 Å². The van der Waals surface area contributed by atoms with Crippen molar-refractivity contribution < 1.29 is 9.59 Å². The number of carbonyl (C=O) groups excluding carboxylic acids is 2. The Labute approximate surface area is 63.1 Å². The molecule has 0 aromatic heterocycles. The quantitative estimate of drug-likeness (QED) is 0.464. The molecule has 0 aliphatic rings. The summed E-state index contributed by atoms with van der Waals surface area (Å²) in [5, 5.41) is -1.32. The highest BCUT2D eigenvalue weighted by atomic mass is 35.5. The highest BCUT2D eigenvalue weighted by Crippen LogP contribution is 2.09. The molecule has 0 N–H and O–H groups in total. The lowest BCUT2D eigenvalue weighted by Gasteiger charge is -2.03. The first kappa shape index (κ1) is 8.92. The van der Waals surface area contributed by atoms with Crippen molar-refractivity contribution >= 4 is 35.8 Å². The van der Waals surface area contributed by atoms with E-state index in [1.165, 1.54) is 0 Å². The van der Waals surface area contributed by atoms with Crippen LogP contribution >= 0.6 is 23.2 Å². The molecule has 52 valence electrons. The second-order valence-corrected chi connectivity index (χ2v) is 2.56. The largest absolute Gasteiger partial charge is 0.303 e. The zero-order chi connectivity index (χ0) is 7.28. The highest BCUT2D eigenvalue weighted by Gasteiger charge is 2.13. The van der Waals surface area contributed by atoms with Gasteiger partial charge in [-0.25, -0.2) is 0 Å². The molecule has 0 aromatic rings. The van der Waals surface area contributed by atoms with Gasteiger partial charge < -0.3 is 9.59 Å². The zero-order valence-electron chi connectivity index (χ0n) is 4.59. The predicted molar refractivity (Wildman–Crippen MR) is 36.0 cm³/mol. The second-order valence-electron chi connectivity index (χ2n) is 1.50. The van der Waals surface area contributed by atoms with E-state index >= 15 is 0 Å². The molecule has 0 spiro atoms. The lowest BCUT2D eigenvalue weighted by atomic mass is 10.2. The van der Waals surface area contributed by atoms with E-state index in [1.54, 1.807) is 0 Å². The van der Waals surface area contributed by atoms with Crippen LogP contribution in [0.3, 0.4) is 0 Å². The van der Waals surface area contributed by atoms with E-state index in [4.69, 9.17) is 23.2 Å². The number of alkyl halides is 2. The second kappa shape index (κ2) is 4.77. The van der Waals surface area contributed by atoms with Crippen molar-refractivity contribution in [1.82, 2.24) is 0 Å². The maximum absolute atomic E-state index is 9.89. The third-order valence-electron chi connectivity index (χ3n) is 0.797. The van der Waals surface area contributed by atoms with E-state index in [0.29, 0.717) is 12.6 Å². The number of halogens is 2. The van der Waals surface area contributed by atoms with Gasteiger partial charge in [-0.15, -0.1) is 23.2 Å². The topological polar surface area (TPSA) is 34.1 Å². The molecule has 2 nitrogen and oxygen atoms in total. The van der Waals surface area contributed by atoms with E-state index in [1.807, 2.05) is 0 Å². The van der Waals surface area contributed by atoms with E-state index < -0.39 is 10.8 Å². The normalized spacial score (nSPS) is 16.2. The average molecular weight is 169 g/mol. The van der Waals surface area contributed by atoms with Crippen LogP contribution in [0, 0.1) is 0 Å². The smallest absolute Gasteiger partial charge is 0.139 e. The van der Waals surface area contributed by atoms with Crippen LogP contribution < -0.4 is 0 Å². The van der Waals surface area contributed by atoms with Gasteiger partial charge in [0.05, 0.1) is 5.38 Å². The van der Waals surface area contributed by atoms with Gasteiger partial charge in [-0.05, 0) is 0 Å². The summed E-state index contributed by atoms with van der Waals surface area (Å²) in [7, 11) is 0. The van der Waals surface area contributed by atoms with Gasteiger partial charge in [0.2, 0.25) is 0 Å². The van der Waals surface area contributed by atoms with Gasteiger partial charge in [-0.1, -0.05) is 0 Å². The van der Waals surface area contributed by atoms with Gasteiger partial charge in [0.25, 0.3) is 0 Å².